The van der Waals surface area contributed by atoms with Crippen molar-refractivity contribution in [1.29, 1.82) is 0 Å². The monoisotopic (exact) mass is 347 g/mol. The van der Waals surface area contributed by atoms with Gasteiger partial charge in [0.1, 0.15) is 0 Å². The van der Waals surface area contributed by atoms with Crippen LogP contribution in [0.3, 0.4) is 0 Å². The molecule has 1 unspecified atom stereocenters. The Morgan fingerprint density at radius 1 is 1.29 bits per heavy atom. The summed E-state index contributed by atoms with van der Waals surface area (Å²) in [6.07, 6.45) is 11.1. The summed E-state index contributed by atoms with van der Waals surface area (Å²) < 4.78 is 12.5. The average Bonchev–Trinajstić information content (AvgIpc) is 2.50. The highest BCUT2D eigenvalue weighted by molar-refractivity contribution is 6.74. The third-order valence-electron chi connectivity index (χ3n) is 4.68. The van der Waals surface area contributed by atoms with Gasteiger partial charge >= 0.3 is 0 Å². The molecular formula is C20H33NO2Si. The van der Waals surface area contributed by atoms with Crippen molar-refractivity contribution < 1.29 is 9.16 Å². The molecule has 0 bridgehead atoms. The van der Waals surface area contributed by atoms with Gasteiger partial charge in [0, 0.05) is 18.2 Å². The fraction of sp³-hybridized carbons (Fsp3) is 0.650. The Hall–Kier alpha value is -1.31. The highest BCUT2D eigenvalue weighted by atomic mass is 28.4. The van der Waals surface area contributed by atoms with E-state index in [1.54, 1.807) is 6.20 Å². The van der Waals surface area contributed by atoms with Crippen molar-refractivity contribution in [3.05, 3.63) is 23.9 Å². The molecule has 0 saturated heterocycles. The normalized spacial score (nSPS) is 13.4. The third-order valence-corrected chi connectivity index (χ3v) is 9.17. The Morgan fingerprint density at radius 2 is 2.00 bits per heavy atom. The van der Waals surface area contributed by atoms with Gasteiger partial charge in [-0.15, -0.1) is 12.3 Å². The molecule has 0 aliphatic rings. The van der Waals surface area contributed by atoms with Crippen molar-refractivity contribution in [2.75, 3.05) is 6.61 Å². The summed E-state index contributed by atoms with van der Waals surface area (Å²) in [4.78, 5) is 4.42. The van der Waals surface area contributed by atoms with Crippen LogP contribution in [0.1, 0.15) is 65.0 Å². The predicted molar refractivity (Wildman–Crippen MR) is 104 cm³/mol. The zero-order valence-corrected chi connectivity index (χ0v) is 17.2. The van der Waals surface area contributed by atoms with E-state index in [1.807, 2.05) is 12.1 Å². The predicted octanol–water partition coefficient (Wildman–Crippen LogP) is 5.74. The number of hydrogen-bond acceptors (Lipinski definition) is 3. The molecule has 0 aliphatic heterocycles. The lowest BCUT2D eigenvalue weighted by Gasteiger charge is -2.39. The first-order valence-corrected chi connectivity index (χ1v) is 11.8. The van der Waals surface area contributed by atoms with E-state index in [-0.39, 0.29) is 11.1 Å². The fourth-order valence-corrected chi connectivity index (χ4v) is 3.42. The van der Waals surface area contributed by atoms with Crippen LogP contribution in [-0.2, 0) is 4.43 Å². The smallest absolute Gasteiger partial charge is 0.219 e. The molecule has 1 aromatic rings. The molecule has 0 aromatic carbocycles. The van der Waals surface area contributed by atoms with Crippen LogP contribution in [-0.4, -0.2) is 19.9 Å². The largest absolute Gasteiger partial charge is 0.477 e. The zero-order chi connectivity index (χ0) is 18.2. The minimum atomic E-state index is -1.93. The van der Waals surface area contributed by atoms with E-state index in [0.29, 0.717) is 18.9 Å². The number of pyridine rings is 1. The SMILES string of the molecule is C#CCC(O[Si](C)(C)C(C)(C)C)c1cccnc1OCCCCC. The van der Waals surface area contributed by atoms with E-state index in [1.165, 1.54) is 6.42 Å². The molecule has 0 aliphatic carbocycles. The molecule has 134 valence electrons. The van der Waals surface area contributed by atoms with E-state index in [4.69, 9.17) is 15.6 Å². The summed E-state index contributed by atoms with van der Waals surface area (Å²) in [6, 6.07) is 3.95. The molecule has 24 heavy (non-hydrogen) atoms. The van der Waals surface area contributed by atoms with Gasteiger partial charge in [-0.1, -0.05) is 40.5 Å². The number of hydrogen-bond donors (Lipinski definition) is 0. The second-order valence-corrected chi connectivity index (χ2v) is 12.5. The molecule has 0 amide bonds. The van der Waals surface area contributed by atoms with Gasteiger partial charge in [0.05, 0.1) is 12.7 Å². The molecule has 3 nitrogen and oxygen atoms in total. The van der Waals surface area contributed by atoms with Crippen LogP contribution >= 0.6 is 0 Å². The van der Waals surface area contributed by atoms with E-state index in [2.05, 4.69) is 51.7 Å². The minimum Gasteiger partial charge on any atom is -0.477 e. The van der Waals surface area contributed by atoms with E-state index >= 15 is 0 Å². The summed E-state index contributed by atoms with van der Waals surface area (Å²) in [5, 5.41) is 0.129. The number of unbranched alkanes of at least 4 members (excludes halogenated alkanes) is 2. The number of aromatic nitrogens is 1. The zero-order valence-electron chi connectivity index (χ0n) is 16.2. The summed E-state index contributed by atoms with van der Waals surface area (Å²) in [5.41, 5.74) is 0.969. The van der Waals surface area contributed by atoms with Crippen LogP contribution in [0.5, 0.6) is 5.88 Å². The van der Waals surface area contributed by atoms with Gasteiger partial charge in [0.25, 0.3) is 0 Å². The lowest BCUT2D eigenvalue weighted by molar-refractivity contribution is 0.180. The summed E-state index contributed by atoms with van der Waals surface area (Å²) in [5.74, 6) is 3.42. The van der Waals surface area contributed by atoms with Crippen LogP contribution in [0, 0.1) is 12.3 Å². The maximum Gasteiger partial charge on any atom is 0.219 e. The van der Waals surface area contributed by atoms with Crippen molar-refractivity contribution in [3.8, 4) is 18.2 Å². The summed E-state index contributed by atoms with van der Waals surface area (Å²) in [6.45, 7) is 14.1. The van der Waals surface area contributed by atoms with E-state index in [0.717, 1.165) is 18.4 Å². The van der Waals surface area contributed by atoms with Crippen LogP contribution in [0.2, 0.25) is 18.1 Å². The second-order valence-electron chi connectivity index (χ2n) is 7.73. The Labute approximate surface area is 149 Å². The van der Waals surface area contributed by atoms with Crippen molar-refractivity contribution in [3.63, 3.8) is 0 Å². The number of ether oxygens (including phenoxy) is 1. The minimum absolute atomic E-state index is 0.129. The lowest BCUT2D eigenvalue weighted by Crippen LogP contribution is -2.41. The first-order valence-electron chi connectivity index (χ1n) is 8.92. The van der Waals surface area contributed by atoms with Gasteiger partial charge in [0.15, 0.2) is 8.32 Å². The molecule has 0 saturated carbocycles. The van der Waals surface area contributed by atoms with Crippen molar-refractivity contribution >= 4 is 8.32 Å². The first kappa shape index (κ1) is 20.7. The summed E-state index contributed by atoms with van der Waals surface area (Å²) >= 11 is 0. The van der Waals surface area contributed by atoms with Gasteiger partial charge in [-0.05, 0) is 36.7 Å². The quantitative estimate of drug-likeness (QED) is 0.324. The maximum atomic E-state index is 6.57. The van der Waals surface area contributed by atoms with Crippen molar-refractivity contribution in [2.45, 2.75) is 77.6 Å². The number of terminal acetylenes is 1. The van der Waals surface area contributed by atoms with Crippen LogP contribution in [0.4, 0.5) is 0 Å². The highest BCUT2D eigenvalue weighted by Gasteiger charge is 2.39. The molecule has 0 fully saturated rings. The molecule has 0 radical (unpaired) electrons. The van der Waals surface area contributed by atoms with Crippen LogP contribution < -0.4 is 4.74 Å². The lowest BCUT2D eigenvalue weighted by atomic mass is 10.1. The number of nitrogens with zero attached hydrogens (tertiary/aromatic N) is 1. The standard InChI is InChI=1S/C20H33NO2Si/c1-8-10-11-16-22-19-17(14-12-15-21-19)18(13-9-2)23-24(6,7)20(3,4)5/h2,12,14-15,18H,8,10-11,13,16H2,1,3-7H3. The Kier molecular flexibility index (Phi) is 7.98. The third kappa shape index (κ3) is 5.96. The molecule has 1 aromatic heterocycles. The average molecular weight is 348 g/mol. The molecule has 1 atom stereocenters. The topological polar surface area (TPSA) is 31.4 Å². The molecule has 0 spiro atoms. The first-order chi connectivity index (χ1) is 11.2. The molecular weight excluding hydrogens is 314 g/mol. The van der Waals surface area contributed by atoms with Gasteiger partial charge in [-0.25, -0.2) is 4.98 Å². The van der Waals surface area contributed by atoms with E-state index in [9.17, 15) is 0 Å². The molecule has 1 rings (SSSR count). The molecule has 1 heterocycles. The van der Waals surface area contributed by atoms with Crippen molar-refractivity contribution in [1.82, 2.24) is 4.98 Å². The van der Waals surface area contributed by atoms with Gasteiger partial charge in [-0.3, -0.25) is 0 Å². The van der Waals surface area contributed by atoms with Crippen molar-refractivity contribution in [2.24, 2.45) is 0 Å². The van der Waals surface area contributed by atoms with Gasteiger partial charge in [0.2, 0.25) is 5.88 Å². The molecule has 0 N–H and O–H groups in total. The second kappa shape index (κ2) is 9.24. The Balaban J connectivity index is 2.98. The van der Waals surface area contributed by atoms with Crippen LogP contribution in [0.15, 0.2) is 18.3 Å². The van der Waals surface area contributed by atoms with Gasteiger partial charge in [-0.2, -0.15) is 0 Å². The Bertz CT molecular complexity index is 543. The van der Waals surface area contributed by atoms with Crippen LogP contribution in [0.25, 0.3) is 0 Å². The molecule has 4 heteroatoms. The summed E-state index contributed by atoms with van der Waals surface area (Å²) in [7, 11) is -1.93. The fourth-order valence-electron chi connectivity index (χ4n) is 2.14. The number of rotatable bonds is 9. The van der Waals surface area contributed by atoms with Gasteiger partial charge < -0.3 is 9.16 Å². The van der Waals surface area contributed by atoms with E-state index < -0.39 is 8.32 Å². The highest BCUT2D eigenvalue weighted by Crippen LogP contribution is 2.41. The maximum absolute atomic E-state index is 6.57. The Morgan fingerprint density at radius 3 is 2.58 bits per heavy atom.